The Bertz CT molecular complexity index is 596. The maximum atomic E-state index is 12.8. The van der Waals surface area contributed by atoms with Crippen molar-refractivity contribution in [2.24, 2.45) is 5.73 Å². The summed E-state index contributed by atoms with van der Waals surface area (Å²) in [6.45, 7) is 0.438. The zero-order valence-corrected chi connectivity index (χ0v) is 11.3. The molecule has 0 aromatic heterocycles. The molecule has 0 aliphatic carbocycles. The van der Waals surface area contributed by atoms with Gasteiger partial charge in [-0.2, -0.15) is 0 Å². The molecule has 4 heteroatoms. The second kappa shape index (κ2) is 6.30. The normalized spacial score (nSPS) is 10.3. The van der Waals surface area contributed by atoms with Gasteiger partial charge in [-0.3, -0.25) is 4.79 Å². The summed E-state index contributed by atoms with van der Waals surface area (Å²) in [6.07, 6.45) is 0.240. The molecule has 104 valence electrons. The Morgan fingerprint density at radius 2 is 1.85 bits per heavy atom. The minimum absolute atomic E-state index is 0.0502. The highest BCUT2D eigenvalue weighted by molar-refractivity contribution is 5.94. The topological polar surface area (TPSA) is 46.3 Å². The molecule has 0 bridgehead atoms. The summed E-state index contributed by atoms with van der Waals surface area (Å²) < 4.78 is 12.8. The molecular formula is C16H17FN2O. The minimum atomic E-state index is -0.301. The van der Waals surface area contributed by atoms with E-state index in [4.69, 9.17) is 5.73 Å². The summed E-state index contributed by atoms with van der Waals surface area (Å²) in [7, 11) is 1.72. The second-order valence-corrected chi connectivity index (χ2v) is 4.63. The van der Waals surface area contributed by atoms with E-state index in [0.29, 0.717) is 6.54 Å². The van der Waals surface area contributed by atoms with Gasteiger partial charge in [-0.05, 0) is 35.4 Å². The molecule has 3 nitrogen and oxygen atoms in total. The fourth-order valence-corrected chi connectivity index (χ4v) is 1.93. The van der Waals surface area contributed by atoms with Crippen LogP contribution in [0.1, 0.15) is 11.1 Å². The van der Waals surface area contributed by atoms with Crippen LogP contribution in [0.3, 0.4) is 0 Å². The first kappa shape index (κ1) is 14.2. The molecule has 0 spiro atoms. The van der Waals surface area contributed by atoms with Gasteiger partial charge < -0.3 is 10.6 Å². The van der Waals surface area contributed by atoms with Gasteiger partial charge in [0.1, 0.15) is 5.82 Å². The molecule has 0 heterocycles. The van der Waals surface area contributed by atoms with Crippen LogP contribution in [-0.4, -0.2) is 13.0 Å². The summed E-state index contributed by atoms with van der Waals surface area (Å²) in [5, 5.41) is 0. The van der Waals surface area contributed by atoms with Crippen LogP contribution in [-0.2, 0) is 17.8 Å². The Hall–Kier alpha value is -2.20. The highest BCUT2D eigenvalue weighted by Crippen LogP contribution is 2.16. The first-order valence-corrected chi connectivity index (χ1v) is 6.40. The molecule has 0 saturated heterocycles. The predicted molar refractivity (Wildman–Crippen MR) is 77.8 cm³/mol. The van der Waals surface area contributed by atoms with Gasteiger partial charge in [-0.1, -0.05) is 24.3 Å². The van der Waals surface area contributed by atoms with E-state index in [0.717, 1.165) is 16.8 Å². The molecule has 2 aromatic rings. The number of benzene rings is 2. The number of rotatable bonds is 4. The Kier molecular flexibility index (Phi) is 4.48. The van der Waals surface area contributed by atoms with Crippen molar-refractivity contribution >= 4 is 11.6 Å². The third-order valence-electron chi connectivity index (χ3n) is 3.18. The van der Waals surface area contributed by atoms with E-state index in [1.807, 2.05) is 24.3 Å². The summed E-state index contributed by atoms with van der Waals surface area (Å²) in [5.74, 6) is -0.351. The smallest absolute Gasteiger partial charge is 0.231 e. The van der Waals surface area contributed by atoms with E-state index in [1.165, 1.54) is 12.1 Å². The number of amides is 1. The van der Waals surface area contributed by atoms with Gasteiger partial charge in [0.25, 0.3) is 0 Å². The van der Waals surface area contributed by atoms with Crippen LogP contribution >= 0.6 is 0 Å². The van der Waals surface area contributed by atoms with Crippen molar-refractivity contribution in [1.82, 2.24) is 0 Å². The van der Waals surface area contributed by atoms with Crippen LogP contribution in [0.4, 0.5) is 10.1 Å². The van der Waals surface area contributed by atoms with Crippen molar-refractivity contribution in [3.63, 3.8) is 0 Å². The molecule has 0 radical (unpaired) electrons. The Morgan fingerprint density at radius 1 is 1.15 bits per heavy atom. The number of nitrogens with two attached hydrogens (primary N) is 1. The standard InChI is InChI=1S/C16H17FN2O/c1-19(15-4-2-3-13(9-15)11-18)16(20)10-12-5-7-14(17)8-6-12/h2-9H,10-11,18H2,1H3. The lowest BCUT2D eigenvalue weighted by Crippen LogP contribution is -2.27. The zero-order valence-electron chi connectivity index (χ0n) is 11.3. The Balaban J connectivity index is 2.09. The third-order valence-corrected chi connectivity index (χ3v) is 3.18. The maximum absolute atomic E-state index is 12.8. The van der Waals surface area contributed by atoms with E-state index in [9.17, 15) is 9.18 Å². The highest BCUT2D eigenvalue weighted by atomic mass is 19.1. The SMILES string of the molecule is CN(C(=O)Cc1ccc(F)cc1)c1cccc(CN)c1. The molecule has 0 aliphatic heterocycles. The molecule has 0 unspecified atom stereocenters. The number of likely N-dealkylation sites (N-methyl/N-ethyl adjacent to an activating group) is 1. The maximum Gasteiger partial charge on any atom is 0.231 e. The average molecular weight is 272 g/mol. The van der Waals surface area contributed by atoms with E-state index < -0.39 is 0 Å². The molecule has 0 saturated carbocycles. The van der Waals surface area contributed by atoms with Crippen molar-refractivity contribution in [3.05, 3.63) is 65.5 Å². The van der Waals surface area contributed by atoms with Crippen LogP contribution in [0.15, 0.2) is 48.5 Å². The molecular weight excluding hydrogens is 255 g/mol. The zero-order chi connectivity index (χ0) is 14.5. The van der Waals surface area contributed by atoms with Crippen molar-refractivity contribution in [3.8, 4) is 0 Å². The van der Waals surface area contributed by atoms with Crippen LogP contribution in [0.25, 0.3) is 0 Å². The number of carbonyl (C=O) groups excluding carboxylic acids is 1. The van der Waals surface area contributed by atoms with Crippen molar-refractivity contribution in [1.29, 1.82) is 0 Å². The first-order valence-electron chi connectivity index (χ1n) is 6.40. The van der Waals surface area contributed by atoms with E-state index in [1.54, 1.807) is 24.1 Å². The predicted octanol–water partition coefficient (Wildman–Crippen LogP) is 2.49. The van der Waals surface area contributed by atoms with Gasteiger partial charge in [-0.15, -0.1) is 0 Å². The summed E-state index contributed by atoms with van der Waals surface area (Å²) in [4.78, 5) is 13.8. The monoisotopic (exact) mass is 272 g/mol. The van der Waals surface area contributed by atoms with Crippen molar-refractivity contribution in [2.75, 3.05) is 11.9 Å². The number of halogens is 1. The average Bonchev–Trinajstić information content (AvgIpc) is 2.48. The second-order valence-electron chi connectivity index (χ2n) is 4.63. The van der Waals surface area contributed by atoms with Crippen molar-refractivity contribution in [2.45, 2.75) is 13.0 Å². The first-order chi connectivity index (χ1) is 9.60. The number of nitrogens with zero attached hydrogens (tertiary/aromatic N) is 1. The lowest BCUT2D eigenvalue weighted by Gasteiger charge is -2.18. The molecule has 0 aliphatic rings. The molecule has 2 N–H and O–H groups in total. The number of hydrogen-bond acceptors (Lipinski definition) is 2. The fraction of sp³-hybridized carbons (Fsp3) is 0.188. The van der Waals surface area contributed by atoms with Gasteiger partial charge in [0, 0.05) is 19.3 Å². The van der Waals surface area contributed by atoms with E-state index in [2.05, 4.69) is 0 Å². The lowest BCUT2D eigenvalue weighted by molar-refractivity contribution is -0.117. The van der Waals surface area contributed by atoms with Crippen LogP contribution in [0.5, 0.6) is 0 Å². The minimum Gasteiger partial charge on any atom is -0.326 e. The van der Waals surface area contributed by atoms with Crippen LogP contribution in [0.2, 0.25) is 0 Å². The molecule has 0 fully saturated rings. The van der Waals surface area contributed by atoms with Crippen molar-refractivity contribution < 1.29 is 9.18 Å². The molecule has 1 amide bonds. The van der Waals surface area contributed by atoms with Gasteiger partial charge in [0.15, 0.2) is 0 Å². The van der Waals surface area contributed by atoms with Gasteiger partial charge >= 0.3 is 0 Å². The summed E-state index contributed by atoms with van der Waals surface area (Å²) in [5.41, 5.74) is 8.17. The lowest BCUT2D eigenvalue weighted by atomic mass is 10.1. The number of anilines is 1. The third kappa shape index (κ3) is 3.42. The number of hydrogen-bond donors (Lipinski definition) is 1. The van der Waals surface area contributed by atoms with E-state index >= 15 is 0 Å². The Labute approximate surface area is 117 Å². The fourth-order valence-electron chi connectivity index (χ4n) is 1.93. The van der Waals surface area contributed by atoms with Gasteiger partial charge in [-0.25, -0.2) is 4.39 Å². The molecule has 2 aromatic carbocycles. The Morgan fingerprint density at radius 3 is 2.50 bits per heavy atom. The molecule has 20 heavy (non-hydrogen) atoms. The van der Waals surface area contributed by atoms with Gasteiger partial charge in [0.2, 0.25) is 5.91 Å². The highest BCUT2D eigenvalue weighted by Gasteiger charge is 2.12. The molecule has 0 atom stereocenters. The largest absolute Gasteiger partial charge is 0.326 e. The quantitative estimate of drug-likeness (QED) is 0.929. The van der Waals surface area contributed by atoms with E-state index in [-0.39, 0.29) is 18.1 Å². The van der Waals surface area contributed by atoms with Crippen LogP contribution in [0, 0.1) is 5.82 Å². The summed E-state index contributed by atoms with van der Waals surface area (Å²) in [6, 6.07) is 13.5. The summed E-state index contributed by atoms with van der Waals surface area (Å²) >= 11 is 0. The number of carbonyl (C=O) groups is 1. The molecule has 2 rings (SSSR count). The van der Waals surface area contributed by atoms with Gasteiger partial charge in [0.05, 0.1) is 6.42 Å². The van der Waals surface area contributed by atoms with Crippen LogP contribution < -0.4 is 10.6 Å².